The van der Waals surface area contributed by atoms with Gasteiger partial charge >= 0.3 is 0 Å². The van der Waals surface area contributed by atoms with Crippen molar-refractivity contribution in [2.45, 2.75) is 58.0 Å². The molecule has 0 aliphatic carbocycles. The van der Waals surface area contributed by atoms with E-state index in [9.17, 15) is 9.59 Å². The van der Waals surface area contributed by atoms with Gasteiger partial charge in [0.05, 0.1) is 6.42 Å². The lowest BCUT2D eigenvalue weighted by Crippen LogP contribution is -2.26. The predicted octanol–water partition coefficient (Wildman–Crippen LogP) is 1.78. The maximum Gasteiger partial charge on any atom is 0.256 e. The van der Waals surface area contributed by atoms with Gasteiger partial charge in [0, 0.05) is 19.4 Å². The number of carbonyl (C=O) groups is 2. The number of ether oxygens (including phenoxy) is 1. The van der Waals surface area contributed by atoms with E-state index in [0.717, 1.165) is 38.5 Å². The van der Waals surface area contributed by atoms with E-state index in [1.54, 1.807) is 0 Å². The Kier molecular flexibility index (Phi) is 7.12. The fourth-order valence-electron chi connectivity index (χ4n) is 1.68. The van der Waals surface area contributed by atoms with Crippen LogP contribution >= 0.6 is 0 Å². The lowest BCUT2D eigenvalue weighted by atomic mass is 10.2. The second-order valence-corrected chi connectivity index (χ2v) is 4.39. The zero-order chi connectivity index (χ0) is 13.2. The van der Waals surface area contributed by atoms with E-state index in [4.69, 9.17) is 4.74 Å². The summed E-state index contributed by atoms with van der Waals surface area (Å²) in [5.41, 5.74) is 0. The third-order valence-electron chi connectivity index (χ3n) is 2.69. The van der Waals surface area contributed by atoms with Gasteiger partial charge in [-0.15, -0.1) is 11.8 Å². The van der Waals surface area contributed by atoms with Crippen LogP contribution in [0.25, 0.3) is 0 Å². The van der Waals surface area contributed by atoms with Crippen molar-refractivity contribution in [1.29, 1.82) is 0 Å². The van der Waals surface area contributed by atoms with Gasteiger partial charge < -0.3 is 4.74 Å². The van der Waals surface area contributed by atoms with Crippen molar-refractivity contribution >= 4 is 11.8 Å². The average molecular weight is 251 g/mol. The van der Waals surface area contributed by atoms with Crippen molar-refractivity contribution in [3.8, 4) is 11.8 Å². The van der Waals surface area contributed by atoms with Gasteiger partial charge in [0.1, 0.15) is 6.10 Å². The number of amides is 2. The van der Waals surface area contributed by atoms with Crippen LogP contribution in [0.4, 0.5) is 0 Å². The standard InChI is InChI=1S/C14H21NO3/c1-2-3-4-5-6-7-8-9-10-18-12-11-13(16)15-14(12)17/h12H,2-3,6-11H2,1H3,(H,15,16,17). The fourth-order valence-corrected chi connectivity index (χ4v) is 1.68. The molecule has 1 aliphatic rings. The van der Waals surface area contributed by atoms with Gasteiger partial charge in [0.25, 0.3) is 5.91 Å². The number of carbonyl (C=O) groups excluding carboxylic acids is 2. The number of unbranched alkanes of at least 4 members (excludes halogenated alkanes) is 4. The summed E-state index contributed by atoms with van der Waals surface area (Å²) < 4.78 is 5.36. The van der Waals surface area contributed by atoms with Crippen molar-refractivity contribution in [1.82, 2.24) is 5.32 Å². The molecule has 1 unspecified atom stereocenters. The molecule has 0 radical (unpaired) electrons. The smallest absolute Gasteiger partial charge is 0.256 e. The van der Waals surface area contributed by atoms with E-state index in [-0.39, 0.29) is 18.2 Å². The zero-order valence-corrected chi connectivity index (χ0v) is 11.0. The molecule has 1 atom stereocenters. The van der Waals surface area contributed by atoms with Gasteiger partial charge in [-0.25, -0.2) is 0 Å². The van der Waals surface area contributed by atoms with Crippen molar-refractivity contribution in [2.75, 3.05) is 6.61 Å². The summed E-state index contributed by atoms with van der Waals surface area (Å²) in [6, 6.07) is 0. The van der Waals surface area contributed by atoms with Crippen LogP contribution in [0.3, 0.4) is 0 Å². The van der Waals surface area contributed by atoms with Gasteiger partial charge in [-0.2, -0.15) is 0 Å². The largest absolute Gasteiger partial charge is 0.368 e. The quantitative estimate of drug-likeness (QED) is 0.426. The van der Waals surface area contributed by atoms with E-state index in [1.165, 1.54) is 0 Å². The molecule has 1 heterocycles. The Hall–Kier alpha value is -1.34. The zero-order valence-electron chi connectivity index (χ0n) is 11.0. The minimum absolute atomic E-state index is 0.168. The van der Waals surface area contributed by atoms with Crippen LogP contribution < -0.4 is 5.32 Å². The highest BCUT2D eigenvalue weighted by molar-refractivity contribution is 6.04. The number of imide groups is 1. The molecular weight excluding hydrogens is 230 g/mol. The van der Waals surface area contributed by atoms with Crippen LogP contribution in [0.5, 0.6) is 0 Å². The van der Waals surface area contributed by atoms with Gasteiger partial charge in [0.15, 0.2) is 0 Å². The molecule has 1 N–H and O–H groups in total. The Balaban J connectivity index is 1.95. The minimum Gasteiger partial charge on any atom is -0.368 e. The fraction of sp³-hybridized carbons (Fsp3) is 0.714. The molecule has 0 aromatic heterocycles. The average Bonchev–Trinajstić information content (AvgIpc) is 2.66. The molecule has 0 saturated carbocycles. The van der Waals surface area contributed by atoms with Crippen molar-refractivity contribution in [2.24, 2.45) is 0 Å². The summed E-state index contributed by atoms with van der Waals surface area (Å²) in [7, 11) is 0. The molecule has 4 nitrogen and oxygen atoms in total. The van der Waals surface area contributed by atoms with Gasteiger partial charge in [0.2, 0.25) is 5.91 Å². The summed E-state index contributed by atoms with van der Waals surface area (Å²) >= 11 is 0. The summed E-state index contributed by atoms with van der Waals surface area (Å²) in [5.74, 6) is 5.70. The third-order valence-corrected chi connectivity index (χ3v) is 2.69. The van der Waals surface area contributed by atoms with E-state index in [1.807, 2.05) is 0 Å². The maximum absolute atomic E-state index is 11.2. The lowest BCUT2D eigenvalue weighted by molar-refractivity contribution is -0.129. The molecule has 2 amide bonds. The van der Waals surface area contributed by atoms with Crippen LogP contribution in [0.2, 0.25) is 0 Å². The Labute approximate surface area is 108 Å². The Morgan fingerprint density at radius 1 is 1.22 bits per heavy atom. The van der Waals surface area contributed by atoms with E-state index < -0.39 is 6.10 Å². The number of nitrogens with one attached hydrogen (secondary N) is 1. The molecule has 0 aromatic rings. The molecule has 18 heavy (non-hydrogen) atoms. The molecule has 1 fully saturated rings. The Morgan fingerprint density at radius 3 is 2.67 bits per heavy atom. The van der Waals surface area contributed by atoms with Crippen molar-refractivity contribution in [3.05, 3.63) is 0 Å². The number of hydrogen-bond acceptors (Lipinski definition) is 3. The monoisotopic (exact) mass is 251 g/mol. The van der Waals surface area contributed by atoms with Crippen LogP contribution in [-0.2, 0) is 14.3 Å². The highest BCUT2D eigenvalue weighted by Crippen LogP contribution is 2.08. The first kappa shape index (κ1) is 14.7. The minimum atomic E-state index is -0.568. The van der Waals surface area contributed by atoms with Crippen LogP contribution in [0.1, 0.15) is 51.9 Å². The second kappa shape index (κ2) is 8.71. The Bertz CT molecular complexity index is 341. The van der Waals surface area contributed by atoms with Crippen LogP contribution in [-0.4, -0.2) is 24.5 Å². The lowest BCUT2D eigenvalue weighted by Gasteiger charge is -2.07. The molecular formula is C14H21NO3. The summed E-state index contributed by atoms with van der Waals surface area (Å²) in [6.07, 6.45) is 5.65. The summed E-state index contributed by atoms with van der Waals surface area (Å²) in [5, 5.41) is 2.23. The second-order valence-electron chi connectivity index (χ2n) is 4.39. The molecule has 1 saturated heterocycles. The first-order chi connectivity index (χ1) is 8.74. The topological polar surface area (TPSA) is 55.4 Å². The van der Waals surface area contributed by atoms with Gasteiger partial charge in [-0.3, -0.25) is 14.9 Å². The van der Waals surface area contributed by atoms with Gasteiger partial charge in [-0.1, -0.05) is 13.3 Å². The third kappa shape index (κ3) is 5.83. The summed E-state index contributed by atoms with van der Waals surface area (Å²) in [4.78, 5) is 22.1. The molecule has 0 spiro atoms. The van der Waals surface area contributed by atoms with E-state index in [0.29, 0.717) is 6.61 Å². The highest BCUT2D eigenvalue weighted by atomic mass is 16.5. The maximum atomic E-state index is 11.2. The first-order valence-corrected chi connectivity index (χ1v) is 6.65. The highest BCUT2D eigenvalue weighted by Gasteiger charge is 2.30. The normalized spacial score (nSPS) is 18.4. The summed E-state index contributed by atoms with van der Waals surface area (Å²) in [6.45, 7) is 2.66. The Morgan fingerprint density at radius 2 is 2.00 bits per heavy atom. The van der Waals surface area contributed by atoms with Crippen LogP contribution in [0, 0.1) is 11.8 Å². The molecule has 100 valence electrons. The van der Waals surface area contributed by atoms with E-state index in [2.05, 4.69) is 24.1 Å². The van der Waals surface area contributed by atoms with Crippen molar-refractivity contribution < 1.29 is 14.3 Å². The number of hydrogen-bond donors (Lipinski definition) is 1. The van der Waals surface area contributed by atoms with Crippen molar-refractivity contribution in [3.63, 3.8) is 0 Å². The molecule has 4 heteroatoms. The molecule has 0 bridgehead atoms. The molecule has 0 aromatic carbocycles. The first-order valence-electron chi connectivity index (χ1n) is 6.65. The molecule has 1 rings (SSSR count). The van der Waals surface area contributed by atoms with Crippen LogP contribution in [0.15, 0.2) is 0 Å². The van der Waals surface area contributed by atoms with Gasteiger partial charge in [-0.05, 0) is 19.3 Å². The number of rotatable bonds is 7. The SMILES string of the molecule is CCCC#CCCCCCOC1CC(=O)NC1=O. The predicted molar refractivity (Wildman–Crippen MR) is 68.7 cm³/mol. The van der Waals surface area contributed by atoms with E-state index >= 15 is 0 Å². The molecule has 1 aliphatic heterocycles.